The normalized spacial score (nSPS) is 10.7. The lowest BCUT2D eigenvalue weighted by Crippen LogP contribution is -1.99. The quantitative estimate of drug-likeness (QED) is 0.753. The number of hydrogen-bond acceptors (Lipinski definition) is 2. The highest BCUT2D eigenvalue weighted by atomic mass is 35.5. The SMILES string of the molecule is CCc1c(C)nc(-c2cc(C)cc(C)c2)nc1Cl. The van der Waals surface area contributed by atoms with Crippen LogP contribution in [0.5, 0.6) is 0 Å². The van der Waals surface area contributed by atoms with Crippen molar-refractivity contribution < 1.29 is 0 Å². The van der Waals surface area contributed by atoms with Gasteiger partial charge in [0, 0.05) is 16.8 Å². The van der Waals surface area contributed by atoms with Gasteiger partial charge in [-0.15, -0.1) is 0 Å². The van der Waals surface area contributed by atoms with Crippen LogP contribution in [0.4, 0.5) is 0 Å². The molecule has 2 nitrogen and oxygen atoms in total. The molecule has 0 aliphatic rings. The van der Waals surface area contributed by atoms with Gasteiger partial charge in [-0.25, -0.2) is 9.97 Å². The first kappa shape index (κ1) is 13.0. The van der Waals surface area contributed by atoms with E-state index < -0.39 is 0 Å². The maximum Gasteiger partial charge on any atom is 0.161 e. The first-order valence-corrected chi connectivity index (χ1v) is 6.50. The third-order valence-corrected chi connectivity index (χ3v) is 3.31. The summed E-state index contributed by atoms with van der Waals surface area (Å²) in [6.07, 6.45) is 0.859. The summed E-state index contributed by atoms with van der Waals surface area (Å²) in [4.78, 5) is 8.97. The molecule has 0 aliphatic carbocycles. The average molecular weight is 261 g/mol. The minimum Gasteiger partial charge on any atom is -0.233 e. The Bertz CT molecular complexity index is 548. The highest BCUT2D eigenvalue weighted by Gasteiger charge is 2.10. The van der Waals surface area contributed by atoms with E-state index in [1.54, 1.807) is 0 Å². The smallest absolute Gasteiger partial charge is 0.161 e. The summed E-state index contributed by atoms with van der Waals surface area (Å²) in [5.41, 5.74) is 5.44. The zero-order chi connectivity index (χ0) is 13.3. The topological polar surface area (TPSA) is 25.8 Å². The van der Waals surface area contributed by atoms with Crippen molar-refractivity contribution in [1.82, 2.24) is 9.97 Å². The van der Waals surface area contributed by atoms with Crippen molar-refractivity contribution in [2.24, 2.45) is 0 Å². The van der Waals surface area contributed by atoms with E-state index in [1.807, 2.05) is 6.92 Å². The largest absolute Gasteiger partial charge is 0.233 e. The van der Waals surface area contributed by atoms with Crippen molar-refractivity contribution in [3.63, 3.8) is 0 Å². The van der Waals surface area contributed by atoms with Crippen LogP contribution in [0.1, 0.15) is 29.3 Å². The highest BCUT2D eigenvalue weighted by molar-refractivity contribution is 6.30. The molecule has 18 heavy (non-hydrogen) atoms. The average Bonchev–Trinajstić information content (AvgIpc) is 2.27. The molecule has 1 heterocycles. The number of rotatable bonds is 2. The molecular formula is C15H17ClN2. The summed E-state index contributed by atoms with van der Waals surface area (Å²) in [5, 5.41) is 0.569. The summed E-state index contributed by atoms with van der Waals surface area (Å²) in [6.45, 7) is 8.20. The monoisotopic (exact) mass is 260 g/mol. The number of nitrogens with zero attached hydrogens (tertiary/aromatic N) is 2. The van der Waals surface area contributed by atoms with E-state index in [9.17, 15) is 0 Å². The van der Waals surface area contributed by atoms with Gasteiger partial charge in [-0.1, -0.05) is 35.7 Å². The van der Waals surface area contributed by atoms with Gasteiger partial charge >= 0.3 is 0 Å². The van der Waals surface area contributed by atoms with E-state index >= 15 is 0 Å². The van der Waals surface area contributed by atoms with E-state index in [0.29, 0.717) is 11.0 Å². The Morgan fingerprint density at radius 1 is 1.00 bits per heavy atom. The molecule has 0 N–H and O–H groups in total. The fourth-order valence-corrected chi connectivity index (χ4v) is 2.55. The molecule has 0 saturated heterocycles. The van der Waals surface area contributed by atoms with Crippen LogP contribution in [0.2, 0.25) is 5.15 Å². The molecule has 0 spiro atoms. The Kier molecular flexibility index (Phi) is 3.67. The Hall–Kier alpha value is -1.41. The minimum absolute atomic E-state index is 0.569. The third kappa shape index (κ3) is 2.54. The van der Waals surface area contributed by atoms with Crippen molar-refractivity contribution in [1.29, 1.82) is 0 Å². The molecule has 0 amide bonds. The van der Waals surface area contributed by atoms with Gasteiger partial charge in [-0.05, 0) is 39.3 Å². The van der Waals surface area contributed by atoms with Crippen molar-refractivity contribution in [2.75, 3.05) is 0 Å². The Morgan fingerprint density at radius 3 is 2.11 bits per heavy atom. The summed E-state index contributed by atoms with van der Waals surface area (Å²) in [5.74, 6) is 0.710. The molecule has 0 radical (unpaired) electrons. The van der Waals surface area contributed by atoms with Crippen LogP contribution in [-0.4, -0.2) is 9.97 Å². The van der Waals surface area contributed by atoms with Crippen LogP contribution in [0.3, 0.4) is 0 Å². The molecule has 3 heteroatoms. The van der Waals surface area contributed by atoms with E-state index in [-0.39, 0.29) is 0 Å². The van der Waals surface area contributed by atoms with Crippen LogP contribution in [0.25, 0.3) is 11.4 Å². The summed E-state index contributed by atoms with van der Waals surface area (Å²) >= 11 is 6.21. The summed E-state index contributed by atoms with van der Waals surface area (Å²) in [6, 6.07) is 6.31. The lowest BCUT2D eigenvalue weighted by atomic mass is 10.1. The van der Waals surface area contributed by atoms with Crippen molar-refractivity contribution in [2.45, 2.75) is 34.1 Å². The van der Waals surface area contributed by atoms with Crippen molar-refractivity contribution >= 4 is 11.6 Å². The van der Waals surface area contributed by atoms with Gasteiger partial charge in [0.25, 0.3) is 0 Å². The molecule has 1 aromatic carbocycles. The van der Waals surface area contributed by atoms with E-state index in [0.717, 1.165) is 23.2 Å². The van der Waals surface area contributed by atoms with Crippen LogP contribution in [0, 0.1) is 20.8 Å². The maximum absolute atomic E-state index is 6.21. The van der Waals surface area contributed by atoms with Crippen LogP contribution < -0.4 is 0 Å². The van der Waals surface area contributed by atoms with E-state index in [1.165, 1.54) is 11.1 Å². The molecule has 94 valence electrons. The zero-order valence-electron chi connectivity index (χ0n) is 11.2. The summed E-state index contributed by atoms with van der Waals surface area (Å²) < 4.78 is 0. The van der Waals surface area contributed by atoms with Crippen LogP contribution in [-0.2, 0) is 6.42 Å². The van der Waals surface area contributed by atoms with Gasteiger partial charge in [-0.2, -0.15) is 0 Å². The second-order valence-electron chi connectivity index (χ2n) is 4.63. The molecule has 0 aliphatic heterocycles. The molecule has 0 fully saturated rings. The predicted octanol–water partition coefficient (Wildman–Crippen LogP) is 4.28. The van der Waals surface area contributed by atoms with Crippen molar-refractivity contribution in [3.05, 3.63) is 45.7 Å². The Morgan fingerprint density at radius 2 is 1.61 bits per heavy atom. The molecule has 1 aromatic heterocycles. The van der Waals surface area contributed by atoms with E-state index in [2.05, 4.69) is 48.9 Å². The molecule has 0 saturated carbocycles. The molecular weight excluding hydrogens is 244 g/mol. The minimum atomic E-state index is 0.569. The number of halogens is 1. The Balaban J connectivity index is 2.58. The molecule has 2 aromatic rings. The molecule has 0 atom stereocenters. The fourth-order valence-electron chi connectivity index (χ4n) is 2.20. The third-order valence-electron chi connectivity index (χ3n) is 3.00. The molecule has 0 bridgehead atoms. The fraction of sp³-hybridized carbons (Fsp3) is 0.333. The molecule has 2 rings (SSSR count). The van der Waals surface area contributed by atoms with Crippen molar-refractivity contribution in [3.8, 4) is 11.4 Å². The first-order chi connectivity index (χ1) is 8.51. The zero-order valence-corrected chi connectivity index (χ0v) is 12.0. The van der Waals surface area contributed by atoms with Crippen LogP contribution >= 0.6 is 11.6 Å². The summed E-state index contributed by atoms with van der Waals surface area (Å²) in [7, 11) is 0. The predicted molar refractivity (Wildman–Crippen MR) is 76.1 cm³/mol. The van der Waals surface area contributed by atoms with Gasteiger partial charge in [0.2, 0.25) is 0 Å². The lowest BCUT2D eigenvalue weighted by molar-refractivity contribution is 1.00. The van der Waals surface area contributed by atoms with E-state index in [4.69, 9.17) is 11.6 Å². The number of hydrogen-bond donors (Lipinski definition) is 0. The second kappa shape index (κ2) is 5.07. The van der Waals surface area contributed by atoms with Gasteiger partial charge in [-0.3, -0.25) is 0 Å². The van der Waals surface area contributed by atoms with Gasteiger partial charge in [0.05, 0.1) is 0 Å². The number of aryl methyl sites for hydroxylation is 3. The maximum atomic E-state index is 6.21. The van der Waals surface area contributed by atoms with Gasteiger partial charge < -0.3 is 0 Å². The number of aromatic nitrogens is 2. The van der Waals surface area contributed by atoms with Crippen LogP contribution in [0.15, 0.2) is 18.2 Å². The molecule has 0 unspecified atom stereocenters. The highest BCUT2D eigenvalue weighted by Crippen LogP contribution is 2.24. The lowest BCUT2D eigenvalue weighted by Gasteiger charge is -2.09. The second-order valence-corrected chi connectivity index (χ2v) is 4.99. The Labute approximate surface area is 113 Å². The van der Waals surface area contributed by atoms with Gasteiger partial charge in [0.1, 0.15) is 5.15 Å². The number of benzene rings is 1. The van der Waals surface area contributed by atoms with Gasteiger partial charge in [0.15, 0.2) is 5.82 Å². The standard InChI is InChI=1S/C15H17ClN2/c1-5-13-11(4)17-15(18-14(13)16)12-7-9(2)6-10(3)8-12/h6-8H,5H2,1-4H3. The first-order valence-electron chi connectivity index (χ1n) is 6.13.